The van der Waals surface area contributed by atoms with E-state index >= 15 is 0 Å². The van der Waals surface area contributed by atoms with Crippen LogP contribution in [0.15, 0.2) is 41.8 Å². The zero-order chi connectivity index (χ0) is 22.5. The lowest BCUT2D eigenvalue weighted by molar-refractivity contribution is -0.134. The summed E-state index contributed by atoms with van der Waals surface area (Å²) >= 11 is 1.58. The molecular formula is C25H28FN3O2S. The van der Waals surface area contributed by atoms with Crippen molar-refractivity contribution in [2.45, 2.75) is 64.2 Å². The van der Waals surface area contributed by atoms with Gasteiger partial charge in [-0.05, 0) is 49.3 Å². The number of fused-ring (bicyclic) bond motifs is 3. The maximum Gasteiger partial charge on any atom is 0.271 e. The van der Waals surface area contributed by atoms with Gasteiger partial charge in [0, 0.05) is 11.6 Å². The standard InChI is InChI=1S/C25H28FN3O2S/c1-16-7-3-6-10-19(16)27-24(31)25(2)15-28-20-11-12-32-22(20)13-21(28)23(30)29(25)14-17-8-4-5-9-18(17)26/h4-5,8-9,11-13,16,19H,3,6-7,10,14-15H2,1-2H3,(H,27,31)/t16-,19+,25-/m1/s1. The van der Waals surface area contributed by atoms with E-state index in [-0.39, 0.29) is 30.2 Å². The molecule has 0 unspecified atom stereocenters. The molecule has 2 amide bonds. The number of nitrogens with zero attached hydrogens (tertiary/aromatic N) is 2. The molecule has 1 saturated carbocycles. The first-order chi connectivity index (χ1) is 15.4. The van der Waals surface area contributed by atoms with Crippen LogP contribution in [-0.4, -0.2) is 32.9 Å². The van der Waals surface area contributed by atoms with E-state index in [1.165, 1.54) is 12.5 Å². The Labute approximate surface area is 191 Å². The van der Waals surface area contributed by atoms with Crippen LogP contribution in [0.5, 0.6) is 0 Å². The molecule has 32 heavy (non-hydrogen) atoms. The normalized spacial score (nSPS) is 25.7. The molecule has 1 N–H and O–H groups in total. The van der Waals surface area contributed by atoms with Gasteiger partial charge in [0.15, 0.2) is 0 Å². The highest BCUT2D eigenvalue weighted by atomic mass is 32.1. The van der Waals surface area contributed by atoms with Crippen LogP contribution in [0.25, 0.3) is 10.2 Å². The number of halogens is 1. The fourth-order valence-corrected chi connectivity index (χ4v) is 5.99. The van der Waals surface area contributed by atoms with Crippen molar-refractivity contribution in [3.8, 4) is 0 Å². The minimum atomic E-state index is -1.13. The number of thiophene rings is 1. The van der Waals surface area contributed by atoms with Crippen molar-refractivity contribution in [3.05, 3.63) is 58.9 Å². The van der Waals surface area contributed by atoms with E-state index in [1.807, 2.05) is 29.0 Å². The van der Waals surface area contributed by atoms with Gasteiger partial charge in [-0.15, -0.1) is 11.3 Å². The number of carbonyl (C=O) groups excluding carboxylic acids is 2. The van der Waals surface area contributed by atoms with Gasteiger partial charge in [0.1, 0.15) is 17.1 Å². The van der Waals surface area contributed by atoms with Gasteiger partial charge in [-0.2, -0.15) is 0 Å². The highest BCUT2D eigenvalue weighted by Crippen LogP contribution is 2.36. The summed E-state index contributed by atoms with van der Waals surface area (Å²) in [7, 11) is 0. The molecule has 0 saturated heterocycles. The molecular weight excluding hydrogens is 425 g/mol. The molecule has 1 aliphatic carbocycles. The lowest BCUT2D eigenvalue weighted by Crippen LogP contribution is -2.65. The van der Waals surface area contributed by atoms with Crippen molar-refractivity contribution < 1.29 is 14.0 Å². The van der Waals surface area contributed by atoms with Gasteiger partial charge in [0.2, 0.25) is 5.91 Å². The lowest BCUT2D eigenvalue weighted by atomic mass is 9.85. The molecule has 1 fully saturated rings. The van der Waals surface area contributed by atoms with Gasteiger partial charge in [0.25, 0.3) is 5.91 Å². The quantitative estimate of drug-likeness (QED) is 0.608. The number of carbonyl (C=O) groups is 2. The number of hydrogen-bond donors (Lipinski definition) is 1. The molecule has 168 valence electrons. The Morgan fingerprint density at radius 3 is 2.81 bits per heavy atom. The summed E-state index contributed by atoms with van der Waals surface area (Å²) in [5, 5.41) is 5.25. The molecule has 5 rings (SSSR count). The maximum absolute atomic E-state index is 14.5. The predicted octanol–water partition coefficient (Wildman–Crippen LogP) is 4.95. The Kier molecular flexibility index (Phi) is 5.32. The maximum atomic E-state index is 14.5. The topological polar surface area (TPSA) is 54.3 Å². The fourth-order valence-electron chi connectivity index (χ4n) is 5.17. The number of hydrogen-bond acceptors (Lipinski definition) is 3. The zero-order valence-electron chi connectivity index (χ0n) is 18.4. The minimum absolute atomic E-state index is 0.0501. The third-order valence-electron chi connectivity index (χ3n) is 7.25. The average molecular weight is 454 g/mol. The predicted molar refractivity (Wildman–Crippen MR) is 124 cm³/mol. The van der Waals surface area contributed by atoms with Crippen molar-refractivity contribution in [2.75, 3.05) is 0 Å². The van der Waals surface area contributed by atoms with Crippen molar-refractivity contribution in [3.63, 3.8) is 0 Å². The summed E-state index contributed by atoms with van der Waals surface area (Å²) in [6.45, 7) is 4.38. The Bertz CT molecular complexity index is 1190. The summed E-state index contributed by atoms with van der Waals surface area (Å²) in [6, 6.07) is 10.4. The summed E-state index contributed by atoms with van der Waals surface area (Å²) in [6.07, 6.45) is 4.33. The largest absolute Gasteiger partial charge is 0.351 e. The SMILES string of the molecule is C[C@@H]1CCCC[C@@H]1NC(=O)[C@@]1(C)Cn2c(cc3sccc32)C(=O)N1Cc1ccccc1F. The third-order valence-corrected chi connectivity index (χ3v) is 8.11. The molecule has 3 heterocycles. The highest BCUT2D eigenvalue weighted by molar-refractivity contribution is 7.17. The van der Waals surface area contributed by atoms with Crippen molar-refractivity contribution in [1.82, 2.24) is 14.8 Å². The second kappa shape index (κ2) is 8.03. The Balaban J connectivity index is 1.54. The summed E-state index contributed by atoms with van der Waals surface area (Å²) in [5.74, 6) is -0.367. The Morgan fingerprint density at radius 2 is 2.03 bits per heavy atom. The molecule has 3 atom stereocenters. The molecule has 7 heteroatoms. The molecule has 3 aromatic rings. The third kappa shape index (κ3) is 3.43. The molecule has 0 bridgehead atoms. The van der Waals surface area contributed by atoms with E-state index in [0.29, 0.717) is 23.7 Å². The lowest BCUT2D eigenvalue weighted by Gasteiger charge is -2.45. The highest BCUT2D eigenvalue weighted by Gasteiger charge is 2.48. The van der Waals surface area contributed by atoms with Crippen LogP contribution < -0.4 is 5.32 Å². The smallest absolute Gasteiger partial charge is 0.271 e. The molecule has 0 spiro atoms. The number of amides is 2. The molecule has 2 aliphatic rings. The first kappa shape index (κ1) is 21.2. The van der Waals surface area contributed by atoms with Crippen LogP contribution >= 0.6 is 11.3 Å². The average Bonchev–Trinajstić information content (AvgIpc) is 3.36. The Hall–Kier alpha value is -2.67. The molecule has 0 radical (unpaired) electrons. The molecule has 1 aliphatic heterocycles. The van der Waals surface area contributed by atoms with Gasteiger partial charge < -0.3 is 14.8 Å². The van der Waals surface area contributed by atoms with E-state index in [9.17, 15) is 14.0 Å². The van der Waals surface area contributed by atoms with E-state index in [1.54, 1.807) is 34.4 Å². The summed E-state index contributed by atoms with van der Waals surface area (Å²) in [5.41, 5.74) is 0.804. The second-order valence-electron chi connectivity index (χ2n) is 9.38. The molecule has 2 aromatic heterocycles. The van der Waals surface area contributed by atoms with Gasteiger partial charge in [-0.3, -0.25) is 9.59 Å². The number of nitrogens with one attached hydrogen (secondary N) is 1. The Morgan fingerprint density at radius 1 is 1.25 bits per heavy atom. The summed E-state index contributed by atoms with van der Waals surface area (Å²) < 4.78 is 17.5. The van der Waals surface area contributed by atoms with E-state index in [2.05, 4.69) is 12.2 Å². The number of aromatic nitrogens is 1. The zero-order valence-corrected chi connectivity index (χ0v) is 19.3. The van der Waals surface area contributed by atoms with Crippen LogP contribution in [0.2, 0.25) is 0 Å². The van der Waals surface area contributed by atoms with Gasteiger partial charge in [-0.25, -0.2) is 4.39 Å². The first-order valence-electron chi connectivity index (χ1n) is 11.3. The monoisotopic (exact) mass is 453 g/mol. The van der Waals surface area contributed by atoms with Gasteiger partial charge >= 0.3 is 0 Å². The number of rotatable bonds is 4. The first-order valence-corrected chi connectivity index (χ1v) is 12.2. The van der Waals surface area contributed by atoms with Crippen LogP contribution in [-0.2, 0) is 17.9 Å². The van der Waals surface area contributed by atoms with Crippen LogP contribution in [0.1, 0.15) is 55.6 Å². The minimum Gasteiger partial charge on any atom is -0.351 e. The van der Waals surface area contributed by atoms with E-state index < -0.39 is 5.54 Å². The van der Waals surface area contributed by atoms with Crippen molar-refractivity contribution in [2.24, 2.45) is 5.92 Å². The summed E-state index contributed by atoms with van der Waals surface area (Å²) in [4.78, 5) is 29.0. The van der Waals surface area contributed by atoms with Crippen molar-refractivity contribution >= 4 is 33.4 Å². The van der Waals surface area contributed by atoms with Gasteiger partial charge in [0.05, 0.1) is 23.3 Å². The fraction of sp³-hybridized carbons (Fsp3) is 0.440. The number of benzene rings is 1. The van der Waals surface area contributed by atoms with Crippen LogP contribution in [0, 0.1) is 11.7 Å². The van der Waals surface area contributed by atoms with E-state index in [4.69, 9.17) is 0 Å². The van der Waals surface area contributed by atoms with Crippen LogP contribution in [0.3, 0.4) is 0 Å². The van der Waals surface area contributed by atoms with Crippen molar-refractivity contribution in [1.29, 1.82) is 0 Å². The molecule has 1 aromatic carbocycles. The van der Waals surface area contributed by atoms with Gasteiger partial charge in [-0.1, -0.05) is 38.0 Å². The second-order valence-corrected chi connectivity index (χ2v) is 10.3. The van der Waals surface area contributed by atoms with Crippen LogP contribution in [0.4, 0.5) is 4.39 Å². The molecule has 5 nitrogen and oxygen atoms in total. The van der Waals surface area contributed by atoms with E-state index in [0.717, 1.165) is 29.5 Å².